The van der Waals surface area contributed by atoms with Gasteiger partial charge < -0.3 is 24.5 Å². The summed E-state index contributed by atoms with van der Waals surface area (Å²) in [7, 11) is 2.89. The van der Waals surface area contributed by atoms with E-state index in [0.29, 0.717) is 17.9 Å². The third kappa shape index (κ3) is 3.53. The fourth-order valence-corrected chi connectivity index (χ4v) is 5.39. The lowest BCUT2D eigenvalue weighted by Gasteiger charge is -2.35. The Bertz CT molecular complexity index is 1650. The molecule has 1 spiro atoms. The summed E-state index contributed by atoms with van der Waals surface area (Å²) in [6.07, 6.45) is 5.28. The van der Waals surface area contributed by atoms with Gasteiger partial charge in [0.1, 0.15) is 27.9 Å². The van der Waals surface area contributed by atoms with Gasteiger partial charge in [-0.2, -0.15) is 0 Å². The van der Waals surface area contributed by atoms with Crippen LogP contribution >= 0.6 is 11.6 Å². The number of imidazole rings is 1. The van der Waals surface area contributed by atoms with Crippen LogP contribution in [0.5, 0.6) is 17.2 Å². The maximum Gasteiger partial charge on any atom is 0.236 e. The van der Waals surface area contributed by atoms with Crippen molar-refractivity contribution >= 4 is 39.9 Å². The Morgan fingerprint density at radius 2 is 1.97 bits per heavy atom. The molecule has 10 heteroatoms. The Balaban J connectivity index is 1.30. The van der Waals surface area contributed by atoms with E-state index in [2.05, 4.69) is 20.3 Å². The number of nitrogens with zero attached hydrogens (tertiary/aromatic N) is 2. The molecule has 2 aliphatic rings. The molecule has 4 aromatic rings. The van der Waals surface area contributed by atoms with Crippen molar-refractivity contribution in [3.05, 3.63) is 71.2 Å². The number of benzene rings is 2. The van der Waals surface area contributed by atoms with E-state index in [1.165, 1.54) is 26.4 Å². The van der Waals surface area contributed by atoms with E-state index in [-0.39, 0.29) is 22.1 Å². The van der Waals surface area contributed by atoms with E-state index >= 15 is 0 Å². The SMILES string of the molecule is COc1cc(OC)c2c(c1Cl)OC1(C(=O)C=C(Nc3ccc4nc(-c5cccnc5)[nH]c4c3)CC1C)C2=O. The van der Waals surface area contributed by atoms with Crippen LogP contribution in [0.2, 0.25) is 5.02 Å². The minimum Gasteiger partial charge on any atom is -0.496 e. The summed E-state index contributed by atoms with van der Waals surface area (Å²) < 4.78 is 16.8. The van der Waals surface area contributed by atoms with Gasteiger partial charge in [-0.1, -0.05) is 18.5 Å². The van der Waals surface area contributed by atoms with Crippen LogP contribution in [0.15, 0.2) is 60.6 Å². The number of methoxy groups -OCH3 is 2. The molecule has 2 aromatic carbocycles. The van der Waals surface area contributed by atoms with Gasteiger partial charge in [0.25, 0.3) is 0 Å². The summed E-state index contributed by atoms with van der Waals surface area (Å²) in [5.41, 5.74) is 2.40. The number of nitrogens with one attached hydrogen (secondary N) is 2. The predicted molar refractivity (Wildman–Crippen MR) is 142 cm³/mol. The second kappa shape index (κ2) is 8.88. The number of aromatic amines is 1. The molecule has 0 amide bonds. The Morgan fingerprint density at radius 3 is 2.68 bits per heavy atom. The highest BCUT2D eigenvalue weighted by atomic mass is 35.5. The highest BCUT2D eigenvalue weighted by Gasteiger charge is 2.60. The number of H-pyrrole nitrogens is 1. The van der Waals surface area contributed by atoms with Crippen LogP contribution in [0, 0.1) is 5.92 Å². The highest BCUT2D eigenvalue weighted by molar-refractivity contribution is 6.36. The van der Waals surface area contributed by atoms with Crippen molar-refractivity contribution in [2.45, 2.75) is 18.9 Å². The fourth-order valence-electron chi connectivity index (χ4n) is 5.13. The molecular weight excluding hydrogens is 508 g/mol. The van der Waals surface area contributed by atoms with E-state index < -0.39 is 23.1 Å². The van der Waals surface area contributed by atoms with Crippen molar-refractivity contribution in [2.24, 2.45) is 5.92 Å². The number of halogens is 1. The highest BCUT2D eigenvalue weighted by Crippen LogP contribution is 2.53. The number of allylic oxidation sites excluding steroid dienone is 1. The minimum atomic E-state index is -1.72. The maximum absolute atomic E-state index is 13.7. The topological polar surface area (TPSA) is 115 Å². The molecule has 1 aliphatic heterocycles. The van der Waals surface area contributed by atoms with Crippen LogP contribution in [-0.2, 0) is 4.79 Å². The molecule has 0 radical (unpaired) electrons. The van der Waals surface area contributed by atoms with Gasteiger partial charge in [-0.3, -0.25) is 14.6 Å². The van der Waals surface area contributed by atoms with E-state index in [1.807, 2.05) is 37.3 Å². The lowest BCUT2D eigenvalue weighted by molar-refractivity contribution is -0.129. The van der Waals surface area contributed by atoms with Gasteiger partial charge in [-0.15, -0.1) is 0 Å². The number of Topliss-reactive ketones (excluding diaryl/α,β-unsaturated/α-hetero) is 1. The molecule has 2 aromatic heterocycles. The van der Waals surface area contributed by atoms with Gasteiger partial charge >= 0.3 is 0 Å². The molecule has 1 aliphatic carbocycles. The molecular formula is C28H23ClN4O5. The number of fused-ring (bicyclic) bond motifs is 2. The Labute approximate surface area is 222 Å². The number of carbonyl (C=O) groups excluding carboxylic acids is 2. The number of ether oxygens (including phenoxy) is 3. The standard InChI is InChI=1S/C28H23ClN4O5/c1-14-9-17(31-16-6-7-18-19(10-16)33-27(32-18)15-5-4-8-30-13-15)11-22(34)28(14)26(35)23-20(36-2)12-21(37-3)24(29)25(23)38-28/h4-8,10-14,31H,9H2,1-3H3,(H,32,33). The molecule has 3 heterocycles. The van der Waals surface area contributed by atoms with E-state index in [1.54, 1.807) is 12.4 Å². The third-order valence-electron chi connectivity index (χ3n) is 7.03. The fraction of sp³-hybridized carbons (Fsp3) is 0.214. The second-order valence-electron chi connectivity index (χ2n) is 9.29. The van der Waals surface area contributed by atoms with Crippen LogP contribution in [-0.4, -0.2) is 46.3 Å². The Morgan fingerprint density at radius 1 is 1.16 bits per heavy atom. The van der Waals surface area contributed by atoms with Gasteiger partial charge in [0.15, 0.2) is 5.75 Å². The zero-order valence-electron chi connectivity index (χ0n) is 20.8. The number of pyridine rings is 1. The van der Waals surface area contributed by atoms with Crippen molar-refractivity contribution in [3.8, 4) is 28.6 Å². The summed E-state index contributed by atoms with van der Waals surface area (Å²) in [5, 5.41) is 3.44. The smallest absolute Gasteiger partial charge is 0.236 e. The van der Waals surface area contributed by atoms with Gasteiger partial charge in [0.2, 0.25) is 17.2 Å². The molecule has 2 unspecified atom stereocenters. The van der Waals surface area contributed by atoms with Crippen molar-refractivity contribution in [2.75, 3.05) is 19.5 Å². The summed E-state index contributed by atoms with van der Waals surface area (Å²) in [4.78, 5) is 39.3. The quantitative estimate of drug-likeness (QED) is 0.338. The van der Waals surface area contributed by atoms with Crippen LogP contribution in [0.25, 0.3) is 22.4 Å². The molecule has 38 heavy (non-hydrogen) atoms. The Hall–Kier alpha value is -4.37. The number of ketones is 2. The summed E-state index contributed by atoms with van der Waals surface area (Å²) in [6.45, 7) is 1.81. The molecule has 0 fully saturated rings. The minimum absolute atomic E-state index is 0.104. The monoisotopic (exact) mass is 530 g/mol. The largest absolute Gasteiger partial charge is 0.496 e. The molecule has 6 rings (SSSR count). The predicted octanol–water partition coefficient (Wildman–Crippen LogP) is 5.21. The number of hydrogen-bond donors (Lipinski definition) is 2. The lowest BCUT2D eigenvalue weighted by atomic mass is 9.74. The molecule has 0 bridgehead atoms. The van der Waals surface area contributed by atoms with Gasteiger partial charge in [-0.25, -0.2) is 4.98 Å². The molecule has 9 nitrogen and oxygen atoms in total. The number of carbonyl (C=O) groups is 2. The zero-order valence-corrected chi connectivity index (χ0v) is 21.6. The molecule has 0 saturated heterocycles. The van der Waals surface area contributed by atoms with Gasteiger partial charge in [-0.05, 0) is 36.8 Å². The molecule has 192 valence electrons. The van der Waals surface area contributed by atoms with E-state index in [0.717, 1.165) is 28.1 Å². The number of aromatic nitrogens is 3. The maximum atomic E-state index is 13.7. The number of rotatable bonds is 5. The van der Waals surface area contributed by atoms with Crippen molar-refractivity contribution in [1.82, 2.24) is 15.0 Å². The summed E-state index contributed by atoms with van der Waals surface area (Å²) in [5.74, 6) is -0.0531. The van der Waals surface area contributed by atoms with Crippen LogP contribution in [0.4, 0.5) is 5.69 Å². The van der Waals surface area contributed by atoms with E-state index in [4.69, 9.17) is 25.8 Å². The average Bonchev–Trinajstić information content (AvgIpc) is 3.48. The van der Waals surface area contributed by atoms with E-state index in [9.17, 15) is 9.59 Å². The number of hydrogen-bond acceptors (Lipinski definition) is 8. The molecule has 2 N–H and O–H groups in total. The van der Waals surface area contributed by atoms with Crippen LogP contribution in [0.1, 0.15) is 23.7 Å². The second-order valence-corrected chi connectivity index (χ2v) is 9.67. The van der Waals surface area contributed by atoms with Crippen LogP contribution in [0.3, 0.4) is 0 Å². The van der Waals surface area contributed by atoms with Crippen molar-refractivity contribution in [1.29, 1.82) is 0 Å². The lowest BCUT2D eigenvalue weighted by Crippen LogP contribution is -2.55. The first-order valence-corrected chi connectivity index (χ1v) is 12.3. The van der Waals surface area contributed by atoms with Gasteiger partial charge in [0.05, 0.1) is 25.3 Å². The third-order valence-corrected chi connectivity index (χ3v) is 7.39. The normalized spacial score (nSPS) is 20.3. The summed E-state index contributed by atoms with van der Waals surface area (Å²) >= 11 is 6.46. The summed E-state index contributed by atoms with van der Waals surface area (Å²) in [6, 6.07) is 11.0. The van der Waals surface area contributed by atoms with Crippen molar-refractivity contribution in [3.63, 3.8) is 0 Å². The zero-order chi connectivity index (χ0) is 26.6. The Kier molecular flexibility index (Phi) is 5.61. The first-order valence-electron chi connectivity index (χ1n) is 12.0. The molecule has 0 saturated carbocycles. The first kappa shape index (κ1) is 24.0. The van der Waals surface area contributed by atoms with Crippen LogP contribution < -0.4 is 19.5 Å². The number of anilines is 1. The molecule has 2 atom stereocenters. The average molecular weight is 531 g/mol. The van der Waals surface area contributed by atoms with Gasteiger partial charge in [0, 0.05) is 47.4 Å². The first-order chi connectivity index (χ1) is 18.3. The van der Waals surface area contributed by atoms with Crippen molar-refractivity contribution < 1.29 is 23.8 Å².